The molecule has 3 N–H and O–H groups in total. The van der Waals surface area contributed by atoms with E-state index in [1.54, 1.807) is 0 Å². The van der Waals surface area contributed by atoms with Gasteiger partial charge in [0.25, 0.3) is 5.91 Å². The van der Waals surface area contributed by atoms with Crippen molar-refractivity contribution in [3.05, 3.63) is 53.6 Å². The summed E-state index contributed by atoms with van der Waals surface area (Å²) in [6.07, 6.45) is 0. The standard InChI is InChI=1S/C19H21N3O6S/c1-27-16-7-4-14(12-17(16)29(25,26)22-8-10-28-11-9-22)19(24)21-15-5-2-13(3-6-15)18(20)23/h2-7,12H,8-11H2,1H3,(H2,20,23)(H,21,24). The van der Waals surface area contributed by atoms with Crippen molar-refractivity contribution in [2.45, 2.75) is 4.90 Å². The molecule has 2 amide bonds. The van der Waals surface area contributed by atoms with Crippen LogP contribution in [0.4, 0.5) is 5.69 Å². The maximum Gasteiger partial charge on any atom is 0.255 e. The summed E-state index contributed by atoms with van der Waals surface area (Å²) in [7, 11) is -2.48. The molecule has 0 aliphatic carbocycles. The maximum absolute atomic E-state index is 13.0. The Bertz CT molecular complexity index is 1010. The number of anilines is 1. The lowest BCUT2D eigenvalue weighted by Crippen LogP contribution is -2.40. The molecule has 154 valence electrons. The van der Waals surface area contributed by atoms with Gasteiger partial charge in [0.05, 0.1) is 20.3 Å². The van der Waals surface area contributed by atoms with E-state index in [1.165, 1.54) is 53.9 Å². The van der Waals surface area contributed by atoms with Crippen LogP contribution in [0.5, 0.6) is 5.75 Å². The zero-order valence-electron chi connectivity index (χ0n) is 15.8. The number of nitrogens with one attached hydrogen (secondary N) is 1. The molecule has 1 heterocycles. The highest BCUT2D eigenvalue weighted by Gasteiger charge is 2.30. The van der Waals surface area contributed by atoms with Crippen LogP contribution >= 0.6 is 0 Å². The number of hydrogen-bond acceptors (Lipinski definition) is 6. The van der Waals surface area contributed by atoms with Crippen LogP contribution in [0.1, 0.15) is 20.7 Å². The van der Waals surface area contributed by atoms with E-state index in [4.69, 9.17) is 15.2 Å². The highest BCUT2D eigenvalue weighted by atomic mass is 32.2. The third kappa shape index (κ3) is 4.56. The Morgan fingerprint density at radius 2 is 1.69 bits per heavy atom. The second-order valence-corrected chi connectivity index (χ2v) is 8.18. The lowest BCUT2D eigenvalue weighted by molar-refractivity contribution is 0.0729. The summed E-state index contributed by atoms with van der Waals surface area (Å²) in [6, 6.07) is 10.2. The predicted molar refractivity (Wildman–Crippen MR) is 105 cm³/mol. The molecule has 0 saturated carbocycles. The first-order chi connectivity index (χ1) is 13.8. The van der Waals surface area contributed by atoms with E-state index in [9.17, 15) is 18.0 Å². The molecule has 0 radical (unpaired) electrons. The number of nitrogens with zero attached hydrogens (tertiary/aromatic N) is 1. The van der Waals surface area contributed by atoms with Crippen molar-refractivity contribution in [1.29, 1.82) is 0 Å². The molecule has 1 fully saturated rings. The number of carbonyl (C=O) groups is 2. The summed E-state index contributed by atoms with van der Waals surface area (Å²) in [5, 5.41) is 2.66. The van der Waals surface area contributed by atoms with Crippen LogP contribution in [0.25, 0.3) is 0 Å². The third-order valence-corrected chi connectivity index (χ3v) is 6.36. The molecular formula is C19H21N3O6S. The average molecular weight is 419 g/mol. The molecule has 0 aromatic heterocycles. The van der Waals surface area contributed by atoms with Crippen LogP contribution in [-0.2, 0) is 14.8 Å². The fraction of sp³-hybridized carbons (Fsp3) is 0.263. The number of amides is 2. The van der Waals surface area contributed by atoms with Gasteiger partial charge in [-0.25, -0.2) is 8.42 Å². The van der Waals surface area contributed by atoms with E-state index in [0.717, 1.165) is 0 Å². The van der Waals surface area contributed by atoms with Gasteiger partial charge in [-0.05, 0) is 42.5 Å². The number of hydrogen-bond donors (Lipinski definition) is 2. The molecule has 2 aromatic carbocycles. The first-order valence-corrected chi connectivity index (χ1v) is 10.2. The maximum atomic E-state index is 13.0. The Morgan fingerprint density at radius 3 is 2.28 bits per heavy atom. The molecule has 10 heteroatoms. The summed E-state index contributed by atoms with van der Waals surface area (Å²) in [5.41, 5.74) is 6.09. The van der Waals surface area contributed by atoms with Crippen LogP contribution in [-0.4, -0.2) is 58.0 Å². The second-order valence-electron chi connectivity index (χ2n) is 6.28. The minimum absolute atomic E-state index is 0.0846. The third-order valence-electron chi connectivity index (χ3n) is 4.44. The quantitative estimate of drug-likeness (QED) is 0.721. The second kappa shape index (κ2) is 8.60. The van der Waals surface area contributed by atoms with Crippen molar-refractivity contribution >= 4 is 27.5 Å². The lowest BCUT2D eigenvalue weighted by Gasteiger charge is -2.26. The Hall–Kier alpha value is -2.95. The van der Waals surface area contributed by atoms with Crippen LogP contribution in [0, 0.1) is 0 Å². The van der Waals surface area contributed by atoms with Gasteiger partial charge in [0.2, 0.25) is 15.9 Å². The van der Waals surface area contributed by atoms with Gasteiger partial charge in [-0.3, -0.25) is 9.59 Å². The average Bonchev–Trinajstić information content (AvgIpc) is 2.74. The van der Waals surface area contributed by atoms with Crippen LogP contribution < -0.4 is 15.8 Å². The molecule has 1 aliphatic rings. The van der Waals surface area contributed by atoms with Gasteiger partial charge < -0.3 is 20.5 Å². The number of methoxy groups -OCH3 is 1. The van der Waals surface area contributed by atoms with Gasteiger partial charge >= 0.3 is 0 Å². The number of ether oxygens (including phenoxy) is 2. The van der Waals surface area contributed by atoms with E-state index in [1.807, 2.05) is 0 Å². The van der Waals surface area contributed by atoms with Gasteiger partial charge in [-0.15, -0.1) is 0 Å². The number of carbonyl (C=O) groups excluding carboxylic acids is 2. The molecule has 9 nitrogen and oxygen atoms in total. The van der Waals surface area contributed by atoms with Crippen molar-refractivity contribution in [3.63, 3.8) is 0 Å². The van der Waals surface area contributed by atoms with Crippen molar-refractivity contribution in [2.75, 3.05) is 38.7 Å². The minimum atomic E-state index is -3.85. The number of rotatable bonds is 6. The van der Waals surface area contributed by atoms with Crippen molar-refractivity contribution < 1.29 is 27.5 Å². The largest absolute Gasteiger partial charge is 0.495 e. The monoisotopic (exact) mass is 419 g/mol. The van der Waals surface area contributed by atoms with E-state index < -0.39 is 21.8 Å². The van der Waals surface area contributed by atoms with E-state index >= 15 is 0 Å². The summed E-state index contributed by atoms with van der Waals surface area (Å²) in [5.74, 6) is -0.923. The molecule has 2 aromatic rings. The molecule has 1 saturated heterocycles. The van der Waals surface area contributed by atoms with Crippen molar-refractivity contribution in [2.24, 2.45) is 5.73 Å². The molecule has 1 aliphatic heterocycles. The smallest absolute Gasteiger partial charge is 0.255 e. The number of sulfonamides is 1. The zero-order chi connectivity index (χ0) is 21.0. The highest BCUT2D eigenvalue weighted by Crippen LogP contribution is 2.28. The molecule has 29 heavy (non-hydrogen) atoms. The summed E-state index contributed by atoms with van der Waals surface area (Å²) in [4.78, 5) is 23.7. The summed E-state index contributed by atoms with van der Waals surface area (Å²) < 4.78 is 37.7. The molecule has 0 spiro atoms. The van der Waals surface area contributed by atoms with Gasteiger partial charge in [0.1, 0.15) is 10.6 Å². The fourth-order valence-corrected chi connectivity index (χ4v) is 4.46. The minimum Gasteiger partial charge on any atom is -0.495 e. The summed E-state index contributed by atoms with van der Waals surface area (Å²) in [6.45, 7) is 1.08. The summed E-state index contributed by atoms with van der Waals surface area (Å²) >= 11 is 0. The van der Waals surface area contributed by atoms with Gasteiger partial charge in [0.15, 0.2) is 0 Å². The number of primary amides is 1. The van der Waals surface area contributed by atoms with E-state index in [0.29, 0.717) is 24.5 Å². The molecule has 0 bridgehead atoms. The molecular weight excluding hydrogens is 398 g/mol. The number of morpholine rings is 1. The Labute approximate surface area is 168 Å². The Kier molecular flexibility index (Phi) is 6.16. The van der Waals surface area contributed by atoms with Crippen LogP contribution in [0.15, 0.2) is 47.4 Å². The Morgan fingerprint density at radius 1 is 1.07 bits per heavy atom. The topological polar surface area (TPSA) is 128 Å². The highest BCUT2D eigenvalue weighted by molar-refractivity contribution is 7.89. The predicted octanol–water partition coefficient (Wildman–Crippen LogP) is 1.07. The van der Waals surface area contributed by atoms with Gasteiger partial charge in [-0.2, -0.15) is 4.31 Å². The number of benzene rings is 2. The van der Waals surface area contributed by atoms with Gasteiger partial charge in [0, 0.05) is 29.9 Å². The van der Waals surface area contributed by atoms with Gasteiger partial charge in [-0.1, -0.05) is 0 Å². The van der Waals surface area contributed by atoms with Crippen LogP contribution in [0.3, 0.4) is 0 Å². The van der Waals surface area contributed by atoms with Crippen molar-refractivity contribution in [3.8, 4) is 5.75 Å². The van der Waals surface area contributed by atoms with E-state index in [2.05, 4.69) is 5.32 Å². The fourth-order valence-electron chi connectivity index (χ4n) is 2.87. The Balaban J connectivity index is 1.87. The van der Waals surface area contributed by atoms with Crippen LogP contribution in [0.2, 0.25) is 0 Å². The normalized spacial score (nSPS) is 14.9. The molecule has 3 rings (SSSR count). The first-order valence-electron chi connectivity index (χ1n) is 8.80. The first kappa shape index (κ1) is 20.8. The molecule has 0 atom stereocenters. The van der Waals surface area contributed by atoms with E-state index in [-0.39, 0.29) is 29.3 Å². The lowest BCUT2D eigenvalue weighted by atomic mass is 10.1. The van der Waals surface area contributed by atoms with Crippen molar-refractivity contribution in [1.82, 2.24) is 4.31 Å². The molecule has 0 unspecified atom stereocenters. The zero-order valence-corrected chi connectivity index (χ0v) is 16.6. The number of nitrogens with two attached hydrogens (primary N) is 1. The SMILES string of the molecule is COc1ccc(C(=O)Nc2ccc(C(N)=O)cc2)cc1S(=O)(=O)N1CCOCC1.